The van der Waals surface area contributed by atoms with Crippen molar-refractivity contribution in [1.82, 2.24) is 0 Å². The third-order valence-corrected chi connectivity index (χ3v) is 2.85. The van der Waals surface area contributed by atoms with Crippen LogP contribution in [-0.2, 0) is 0 Å². The molecule has 2 aromatic rings. The van der Waals surface area contributed by atoms with Crippen molar-refractivity contribution in [2.75, 3.05) is 11.9 Å². The van der Waals surface area contributed by atoms with Crippen LogP contribution >= 0.6 is 0 Å². The zero-order chi connectivity index (χ0) is 13.0. The zero-order valence-corrected chi connectivity index (χ0v) is 10.2. The molecule has 2 N–H and O–H groups in total. The number of hydrogen-bond donors (Lipinski definition) is 2. The Morgan fingerprint density at radius 2 is 1.67 bits per heavy atom. The molecule has 0 aromatic heterocycles. The van der Waals surface area contributed by atoms with E-state index < -0.39 is 0 Å². The second kappa shape index (κ2) is 5.65. The van der Waals surface area contributed by atoms with Crippen LogP contribution < -0.4 is 5.32 Å². The lowest BCUT2D eigenvalue weighted by Crippen LogP contribution is -2.14. The van der Waals surface area contributed by atoms with Crippen LogP contribution in [0.2, 0.25) is 0 Å². The van der Waals surface area contributed by atoms with E-state index in [4.69, 9.17) is 0 Å². The van der Waals surface area contributed by atoms with Crippen molar-refractivity contribution < 1.29 is 9.50 Å². The summed E-state index contributed by atoms with van der Waals surface area (Å²) in [7, 11) is 0. The molecule has 2 nitrogen and oxygen atoms in total. The highest BCUT2D eigenvalue weighted by Gasteiger charge is 2.09. The highest BCUT2D eigenvalue weighted by Crippen LogP contribution is 2.19. The van der Waals surface area contributed by atoms with Crippen molar-refractivity contribution in [2.45, 2.75) is 13.0 Å². The molecule has 0 spiro atoms. The SMILES string of the molecule is Cc1ccc(C(CO)Nc2ccc(F)cc2)cc1. The molecule has 0 radical (unpaired) electrons. The number of halogens is 1. The molecular weight excluding hydrogens is 229 g/mol. The Bertz CT molecular complexity index is 493. The van der Waals surface area contributed by atoms with E-state index in [9.17, 15) is 9.50 Å². The summed E-state index contributed by atoms with van der Waals surface area (Å²) in [5.74, 6) is -0.267. The summed E-state index contributed by atoms with van der Waals surface area (Å²) in [5, 5.41) is 12.6. The van der Waals surface area contributed by atoms with Gasteiger partial charge in [0.05, 0.1) is 12.6 Å². The van der Waals surface area contributed by atoms with Crippen LogP contribution in [-0.4, -0.2) is 11.7 Å². The molecule has 0 aliphatic carbocycles. The lowest BCUT2D eigenvalue weighted by atomic mass is 10.1. The van der Waals surface area contributed by atoms with Crippen LogP contribution in [0.1, 0.15) is 17.2 Å². The van der Waals surface area contributed by atoms with Crippen molar-refractivity contribution in [2.24, 2.45) is 0 Å². The Balaban J connectivity index is 2.14. The summed E-state index contributed by atoms with van der Waals surface area (Å²) in [6.07, 6.45) is 0. The number of rotatable bonds is 4. The Labute approximate surface area is 106 Å². The molecule has 2 aromatic carbocycles. The highest BCUT2D eigenvalue weighted by molar-refractivity contribution is 5.45. The second-order valence-electron chi connectivity index (χ2n) is 4.30. The van der Waals surface area contributed by atoms with Crippen molar-refractivity contribution >= 4 is 5.69 Å². The topological polar surface area (TPSA) is 32.3 Å². The van der Waals surface area contributed by atoms with Crippen molar-refractivity contribution in [3.8, 4) is 0 Å². The number of nitrogens with one attached hydrogen (secondary N) is 1. The fraction of sp³-hybridized carbons (Fsp3) is 0.200. The molecule has 3 heteroatoms. The van der Waals surface area contributed by atoms with Crippen molar-refractivity contribution in [3.63, 3.8) is 0 Å². The van der Waals surface area contributed by atoms with E-state index in [2.05, 4.69) is 5.32 Å². The smallest absolute Gasteiger partial charge is 0.123 e. The van der Waals surface area contributed by atoms with Gasteiger partial charge in [0, 0.05) is 5.69 Å². The maximum absolute atomic E-state index is 12.8. The Morgan fingerprint density at radius 1 is 1.06 bits per heavy atom. The van der Waals surface area contributed by atoms with E-state index in [0.717, 1.165) is 11.3 Å². The molecule has 18 heavy (non-hydrogen) atoms. The molecule has 94 valence electrons. The number of aryl methyl sites for hydroxylation is 1. The Hall–Kier alpha value is -1.87. The molecular formula is C15H16FNO. The first kappa shape index (κ1) is 12.6. The molecule has 0 saturated carbocycles. The minimum absolute atomic E-state index is 0.0135. The van der Waals surface area contributed by atoms with Gasteiger partial charge in [-0.3, -0.25) is 0 Å². The highest BCUT2D eigenvalue weighted by atomic mass is 19.1. The second-order valence-corrected chi connectivity index (χ2v) is 4.30. The molecule has 0 amide bonds. The minimum Gasteiger partial charge on any atom is -0.394 e. The third-order valence-electron chi connectivity index (χ3n) is 2.85. The summed E-state index contributed by atoms with van der Waals surface area (Å²) < 4.78 is 12.8. The molecule has 1 atom stereocenters. The van der Waals surface area contributed by atoms with Crippen LogP contribution in [0.5, 0.6) is 0 Å². The lowest BCUT2D eigenvalue weighted by molar-refractivity contribution is 0.276. The first-order valence-electron chi connectivity index (χ1n) is 5.88. The maximum Gasteiger partial charge on any atom is 0.123 e. The van der Waals surface area contributed by atoms with Gasteiger partial charge in [0.1, 0.15) is 5.82 Å². The summed E-state index contributed by atoms with van der Waals surface area (Å²) in [4.78, 5) is 0. The van der Waals surface area contributed by atoms with Crippen LogP contribution in [0, 0.1) is 12.7 Å². The molecule has 0 aliphatic rings. The van der Waals surface area contributed by atoms with E-state index in [-0.39, 0.29) is 18.5 Å². The monoisotopic (exact) mass is 245 g/mol. The number of benzene rings is 2. The van der Waals surface area contributed by atoms with Gasteiger partial charge in [0.2, 0.25) is 0 Å². The van der Waals surface area contributed by atoms with E-state index >= 15 is 0 Å². The van der Waals surface area contributed by atoms with Gasteiger partial charge < -0.3 is 10.4 Å². The summed E-state index contributed by atoms with van der Waals surface area (Å²) in [5.41, 5.74) is 2.97. The minimum atomic E-state index is -0.267. The van der Waals surface area contributed by atoms with Gasteiger partial charge in [-0.25, -0.2) is 4.39 Å². The first-order chi connectivity index (χ1) is 8.69. The number of hydrogen-bond acceptors (Lipinski definition) is 2. The van der Waals surface area contributed by atoms with Gasteiger partial charge in [-0.1, -0.05) is 29.8 Å². The Morgan fingerprint density at radius 3 is 2.22 bits per heavy atom. The number of anilines is 1. The standard InChI is InChI=1S/C15H16FNO/c1-11-2-4-12(5-3-11)15(10-18)17-14-8-6-13(16)7-9-14/h2-9,15,17-18H,10H2,1H3. The molecule has 2 rings (SSSR count). The molecule has 0 saturated heterocycles. The predicted octanol–water partition coefficient (Wildman–Crippen LogP) is 3.28. The fourth-order valence-corrected chi connectivity index (χ4v) is 1.78. The fourth-order valence-electron chi connectivity index (χ4n) is 1.78. The van der Waals surface area contributed by atoms with Crippen LogP contribution in [0.25, 0.3) is 0 Å². The van der Waals surface area contributed by atoms with Crippen LogP contribution in [0.15, 0.2) is 48.5 Å². The van der Waals surface area contributed by atoms with Crippen LogP contribution in [0.3, 0.4) is 0 Å². The van der Waals surface area contributed by atoms with Gasteiger partial charge in [-0.2, -0.15) is 0 Å². The molecule has 0 bridgehead atoms. The third kappa shape index (κ3) is 3.08. The van der Waals surface area contributed by atoms with Gasteiger partial charge in [-0.05, 0) is 36.8 Å². The van der Waals surface area contributed by atoms with Crippen molar-refractivity contribution in [1.29, 1.82) is 0 Å². The van der Waals surface area contributed by atoms with Gasteiger partial charge in [0.25, 0.3) is 0 Å². The van der Waals surface area contributed by atoms with Crippen molar-refractivity contribution in [3.05, 3.63) is 65.5 Å². The zero-order valence-electron chi connectivity index (χ0n) is 10.2. The van der Waals surface area contributed by atoms with E-state index in [1.54, 1.807) is 12.1 Å². The van der Waals surface area contributed by atoms with E-state index in [0.29, 0.717) is 0 Å². The first-order valence-corrected chi connectivity index (χ1v) is 5.88. The number of aliphatic hydroxyl groups excluding tert-OH is 1. The van der Waals surface area contributed by atoms with Gasteiger partial charge >= 0.3 is 0 Å². The van der Waals surface area contributed by atoms with Crippen LogP contribution in [0.4, 0.5) is 10.1 Å². The molecule has 0 fully saturated rings. The Kier molecular flexibility index (Phi) is 3.95. The predicted molar refractivity (Wildman–Crippen MR) is 71.0 cm³/mol. The normalized spacial score (nSPS) is 12.2. The largest absolute Gasteiger partial charge is 0.394 e. The van der Waals surface area contributed by atoms with Gasteiger partial charge in [0.15, 0.2) is 0 Å². The quantitative estimate of drug-likeness (QED) is 0.866. The lowest BCUT2D eigenvalue weighted by Gasteiger charge is -2.18. The number of aliphatic hydroxyl groups is 1. The van der Waals surface area contributed by atoms with E-state index in [1.165, 1.54) is 17.7 Å². The summed E-state index contributed by atoms with van der Waals surface area (Å²) in [6.45, 7) is 2.01. The van der Waals surface area contributed by atoms with E-state index in [1.807, 2.05) is 31.2 Å². The average Bonchev–Trinajstić information content (AvgIpc) is 2.39. The molecule has 0 aliphatic heterocycles. The average molecular weight is 245 g/mol. The molecule has 0 heterocycles. The summed E-state index contributed by atoms with van der Waals surface area (Å²) >= 11 is 0. The summed E-state index contributed by atoms with van der Waals surface area (Å²) in [6, 6.07) is 13.9. The van der Waals surface area contributed by atoms with Gasteiger partial charge in [-0.15, -0.1) is 0 Å². The molecule has 1 unspecified atom stereocenters. The maximum atomic E-state index is 12.8.